The average Bonchev–Trinajstić information content (AvgIpc) is 3.38. The van der Waals surface area contributed by atoms with Crippen molar-refractivity contribution in [2.75, 3.05) is 13.1 Å². The Morgan fingerprint density at radius 2 is 2.06 bits per heavy atom. The lowest BCUT2D eigenvalue weighted by Gasteiger charge is -2.33. The van der Waals surface area contributed by atoms with E-state index < -0.39 is 15.8 Å². The van der Waals surface area contributed by atoms with Crippen LogP contribution < -0.4 is 5.32 Å². The average molecular weight is 482 g/mol. The molecule has 5 rings (SSSR count). The number of halogens is 1. The molecule has 1 amide bonds. The number of fused-ring (bicyclic) bond motifs is 1. The first-order valence-electron chi connectivity index (χ1n) is 11.1. The van der Waals surface area contributed by atoms with E-state index in [1.54, 1.807) is 60.3 Å². The molecule has 1 N–H and O–H groups in total. The number of amides is 1. The second-order valence-electron chi connectivity index (χ2n) is 8.52. The Bertz CT molecular complexity index is 1400. The Morgan fingerprint density at radius 3 is 2.82 bits per heavy atom. The molecule has 1 fully saturated rings. The molecule has 1 atom stereocenters. The summed E-state index contributed by atoms with van der Waals surface area (Å²) in [6.45, 7) is 3.01. The molecule has 0 radical (unpaired) electrons. The van der Waals surface area contributed by atoms with Crippen LogP contribution in [-0.4, -0.2) is 47.7 Å². The van der Waals surface area contributed by atoms with Gasteiger partial charge in [0.25, 0.3) is 10.0 Å². The number of aromatic nitrogens is 2. The first-order valence-corrected chi connectivity index (χ1v) is 12.5. The highest BCUT2D eigenvalue weighted by atomic mass is 32.2. The summed E-state index contributed by atoms with van der Waals surface area (Å²) in [6.07, 6.45) is 4.74. The molecule has 3 aromatic rings. The van der Waals surface area contributed by atoms with Gasteiger partial charge in [-0.1, -0.05) is 18.2 Å². The molecule has 176 valence electrons. The highest BCUT2D eigenvalue weighted by Gasteiger charge is 2.35. The van der Waals surface area contributed by atoms with Crippen molar-refractivity contribution >= 4 is 21.8 Å². The van der Waals surface area contributed by atoms with Crippen LogP contribution in [0.15, 0.2) is 64.2 Å². The second-order valence-corrected chi connectivity index (χ2v) is 10.1. The van der Waals surface area contributed by atoms with Gasteiger partial charge in [-0.3, -0.25) is 4.79 Å². The number of aryl methyl sites for hydroxylation is 1. The molecule has 34 heavy (non-hydrogen) atoms. The Kier molecular flexibility index (Phi) is 5.68. The van der Waals surface area contributed by atoms with E-state index in [4.69, 9.17) is 0 Å². The van der Waals surface area contributed by atoms with Gasteiger partial charge in [0.1, 0.15) is 16.5 Å². The van der Waals surface area contributed by atoms with Gasteiger partial charge in [-0.05, 0) is 49.6 Å². The first-order chi connectivity index (χ1) is 16.3. The molecule has 0 spiro atoms. The zero-order valence-electron chi connectivity index (χ0n) is 18.6. The fraction of sp³-hybridized carbons (Fsp3) is 0.292. The minimum absolute atomic E-state index is 0.144. The molecule has 1 aromatic heterocycles. The lowest BCUT2D eigenvalue weighted by molar-refractivity contribution is -0.126. The predicted octanol–water partition coefficient (Wildman–Crippen LogP) is 2.80. The van der Waals surface area contributed by atoms with Crippen molar-refractivity contribution in [2.45, 2.75) is 31.2 Å². The maximum absolute atomic E-state index is 14.7. The Balaban J connectivity index is 1.25. The second kappa shape index (κ2) is 8.68. The van der Waals surface area contributed by atoms with E-state index in [9.17, 15) is 17.6 Å². The van der Waals surface area contributed by atoms with Crippen LogP contribution in [-0.2, 0) is 21.4 Å². The zero-order valence-corrected chi connectivity index (χ0v) is 19.4. The lowest BCUT2D eigenvalue weighted by Crippen LogP contribution is -2.45. The number of hydrogen-bond donors (Lipinski definition) is 1. The summed E-state index contributed by atoms with van der Waals surface area (Å²) in [7, 11) is -3.71. The number of sulfonamides is 1. The Labute approximate surface area is 197 Å². The summed E-state index contributed by atoms with van der Waals surface area (Å²) in [5, 5.41) is 2.90. The first kappa shape index (κ1) is 22.3. The van der Waals surface area contributed by atoms with Crippen LogP contribution in [0.4, 0.5) is 4.39 Å². The van der Waals surface area contributed by atoms with E-state index in [1.165, 1.54) is 6.07 Å². The summed E-state index contributed by atoms with van der Waals surface area (Å²) < 4.78 is 45.1. The summed E-state index contributed by atoms with van der Waals surface area (Å²) in [6, 6.07) is 11.6. The quantitative estimate of drug-likeness (QED) is 0.618. The smallest absolute Gasteiger partial charge is 0.285 e. The van der Waals surface area contributed by atoms with Gasteiger partial charge < -0.3 is 14.8 Å². The number of likely N-dealkylation sites (tertiary alicyclic amines) is 1. The van der Waals surface area contributed by atoms with Crippen LogP contribution in [0.5, 0.6) is 0 Å². The van der Waals surface area contributed by atoms with E-state index in [2.05, 4.69) is 14.7 Å². The number of amidine groups is 1. The van der Waals surface area contributed by atoms with Gasteiger partial charge in [-0.25, -0.2) is 9.37 Å². The highest BCUT2D eigenvalue weighted by molar-refractivity contribution is 7.90. The molecule has 1 unspecified atom stereocenters. The standard InChI is InChI=1S/C24H24FN5O3S/c1-16-26-10-12-30(16)21-9-8-17(13-20(21)25)14-27-24(31)18-5-4-11-29(15-18)23-19-6-2-3-7-22(19)34(32,33)28-23/h2-3,6-10,12-13,18H,4-5,11,14-15H2,1H3,(H,27,31). The van der Waals surface area contributed by atoms with Crippen molar-refractivity contribution in [1.29, 1.82) is 0 Å². The summed E-state index contributed by atoms with van der Waals surface area (Å²) in [5.41, 5.74) is 1.63. The topological polar surface area (TPSA) is 96.7 Å². The monoisotopic (exact) mass is 481 g/mol. The SMILES string of the molecule is Cc1nccn1-c1ccc(CNC(=O)C2CCCN(C3=NS(=O)(=O)c4ccccc43)C2)cc1F. The molecule has 2 aliphatic rings. The molecule has 0 saturated carbocycles. The molecule has 0 bridgehead atoms. The number of benzene rings is 2. The van der Waals surface area contributed by atoms with Gasteiger partial charge in [-0.15, -0.1) is 4.40 Å². The van der Waals surface area contributed by atoms with Gasteiger partial charge in [0.05, 0.1) is 11.6 Å². The fourth-order valence-corrected chi connectivity index (χ4v) is 5.75. The number of rotatable bonds is 4. The number of imidazole rings is 1. The summed E-state index contributed by atoms with van der Waals surface area (Å²) in [5.74, 6) is 0.236. The highest BCUT2D eigenvalue weighted by Crippen LogP contribution is 2.29. The molecule has 8 nitrogen and oxygen atoms in total. The number of carbonyl (C=O) groups is 1. The third-order valence-electron chi connectivity index (χ3n) is 6.27. The van der Waals surface area contributed by atoms with Crippen molar-refractivity contribution < 1.29 is 17.6 Å². The Hall–Kier alpha value is -3.53. The maximum atomic E-state index is 14.7. The minimum atomic E-state index is -3.71. The van der Waals surface area contributed by atoms with E-state index in [0.717, 1.165) is 6.42 Å². The van der Waals surface area contributed by atoms with Crippen molar-refractivity contribution in [3.8, 4) is 5.69 Å². The van der Waals surface area contributed by atoms with Crippen molar-refractivity contribution in [1.82, 2.24) is 19.8 Å². The van der Waals surface area contributed by atoms with Gasteiger partial charge in [0.2, 0.25) is 5.91 Å². The van der Waals surface area contributed by atoms with Gasteiger partial charge in [0.15, 0.2) is 5.84 Å². The number of carbonyl (C=O) groups excluding carboxylic acids is 1. The van der Waals surface area contributed by atoms with Crippen LogP contribution in [0.2, 0.25) is 0 Å². The third-order valence-corrected chi connectivity index (χ3v) is 7.59. The van der Waals surface area contributed by atoms with Gasteiger partial charge >= 0.3 is 0 Å². The van der Waals surface area contributed by atoms with Crippen molar-refractivity contribution in [3.05, 3.63) is 77.6 Å². The maximum Gasteiger partial charge on any atom is 0.285 e. The number of nitrogens with one attached hydrogen (secondary N) is 1. The molecule has 3 heterocycles. The molecule has 0 aliphatic carbocycles. The molecular formula is C24H24FN5O3S. The lowest BCUT2D eigenvalue weighted by atomic mass is 9.96. The van der Waals surface area contributed by atoms with E-state index >= 15 is 0 Å². The van der Waals surface area contributed by atoms with Crippen LogP contribution in [0.1, 0.15) is 29.8 Å². The largest absolute Gasteiger partial charge is 0.355 e. The zero-order chi connectivity index (χ0) is 23.9. The van der Waals surface area contributed by atoms with Crippen LogP contribution >= 0.6 is 0 Å². The number of nitrogens with zero attached hydrogens (tertiary/aromatic N) is 4. The van der Waals surface area contributed by atoms with Crippen LogP contribution in [0, 0.1) is 18.7 Å². The summed E-state index contributed by atoms with van der Waals surface area (Å²) >= 11 is 0. The molecule has 10 heteroatoms. The minimum Gasteiger partial charge on any atom is -0.355 e. The Morgan fingerprint density at radius 1 is 1.24 bits per heavy atom. The van der Waals surface area contributed by atoms with Crippen LogP contribution in [0.3, 0.4) is 0 Å². The van der Waals surface area contributed by atoms with E-state index in [-0.39, 0.29) is 23.3 Å². The number of hydrogen-bond acceptors (Lipinski definition) is 5. The molecule has 1 saturated heterocycles. The van der Waals surface area contributed by atoms with Gasteiger partial charge in [-0.2, -0.15) is 8.42 Å². The van der Waals surface area contributed by atoms with Crippen LogP contribution in [0.25, 0.3) is 5.69 Å². The van der Waals surface area contributed by atoms with Gasteiger partial charge in [0, 0.05) is 37.6 Å². The normalized spacial score (nSPS) is 18.9. The molecule has 2 aromatic carbocycles. The van der Waals surface area contributed by atoms with E-state index in [1.807, 2.05) is 4.90 Å². The van der Waals surface area contributed by atoms with Crippen molar-refractivity contribution in [3.63, 3.8) is 0 Å². The summed E-state index contributed by atoms with van der Waals surface area (Å²) in [4.78, 5) is 19.1. The number of piperidine rings is 1. The molecule has 2 aliphatic heterocycles. The third kappa shape index (κ3) is 4.09. The predicted molar refractivity (Wildman–Crippen MR) is 125 cm³/mol. The van der Waals surface area contributed by atoms with E-state index in [0.29, 0.717) is 48.0 Å². The molecular weight excluding hydrogens is 457 g/mol. The van der Waals surface area contributed by atoms with Crippen molar-refractivity contribution in [2.24, 2.45) is 10.3 Å². The fourth-order valence-electron chi connectivity index (χ4n) is 4.52.